The third-order valence-electron chi connectivity index (χ3n) is 1.89. The summed E-state index contributed by atoms with van der Waals surface area (Å²) in [5, 5.41) is 9.74. The van der Waals surface area contributed by atoms with Crippen molar-refractivity contribution in [2.24, 2.45) is 5.92 Å². The van der Waals surface area contributed by atoms with Gasteiger partial charge in [0.1, 0.15) is 0 Å². The van der Waals surface area contributed by atoms with Gasteiger partial charge in [0.15, 0.2) is 5.92 Å². The molecule has 1 aliphatic rings. The van der Waals surface area contributed by atoms with E-state index in [9.17, 15) is 13.2 Å². The van der Waals surface area contributed by atoms with E-state index in [4.69, 9.17) is 5.26 Å². The van der Waals surface area contributed by atoms with Gasteiger partial charge in [0.05, 0.1) is 6.07 Å². The number of rotatable bonds is 2. The molecule has 1 N–H and O–H groups in total. The van der Waals surface area contributed by atoms with Gasteiger partial charge in [-0.05, 0) is 6.42 Å². The van der Waals surface area contributed by atoms with Crippen LogP contribution in [0.15, 0.2) is 0 Å². The van der Waals surface area contributed by atoms with Crippen LogP contribution in [0, 0.1) is 17.2 Å². The molecule has 1 heterocycles. The summed E-state index contributed by atoms with van der Waals surface area (Å²) >= 11 is 0. The van der Waals surface area contributed by atoms with Crippen LogP contribution in [0.2, 0.25) is 0 Å². The van der Waals surface area contributed by atoms with E-state index in [1.807, 2.05) is 0 Å². The number of alkyl halides is 3. The first kappa shape index (κ1) is 10.3. The Morgan fingerprint density at radius 2 is 2.23 bits per heavy atom. The number of hydrazine groups is 1. The lowest BCUT2D eigenvalue weighted by atomic mass is 10.1. The second-order valence-electron chi connectivity index (χ2n) is 2.93. The molecule has 0 amide bonds. The molecule has 0 aliphatic carbocycles. The van der Waals surface area contributed by atoms with Crippen LogP contribution in [0.3, 0.4) is 0 Å². The Hall–Kier alpha value is -0.800. The van der Waals surface area contributed by atoms with Crippen LogP contribution < -0.4 is 5.43 Å². The number of nitriles is 1. The zero-order chi connectivity index (χ0) is 9.90. The number of nitrogens with one attached hydrogen (secondary N) is 1. The predicted octanol–water partition coefficient (Wildman–Crippen LogP) is 0.899. The molecule has 0 bridgehead atoms. The minimum Gasteiger partial charge on any atom is -0.255 e. The second kappa shape index (κ2) is 3.94. The van der Waals surface area contributed by atoms with Gasteiger partial charge >= 0.3 is 6.18 Å². The Bertz CT molecular complexity index is 202. The zero-order valence-corrected chi connectivity index (χ0v) is 6.93. The highest BCUT2D eigenvalue weighted by molar-refractivity contribution is 4.90. The van der Waals surface area contributed by atoms with E-state index >= 15 is 0 Å². The standard InChI is InChI=1S/C7H10F3N3/c8-7(9,10)6(4-11)5-13-3-1-2-12-13/h6,12H,1-3,5H2. The van der Waals surface area contributed by atoms with Crippen LogP contribution in [0.25, 0.3) is 0 Å². The molecular formula is C7H10F3N3. The van der Waals surface area contributed by atoms with E-state index < -0.39 is 12.1 Å². The first-order valence-electron chi connectivity index (χ1n) is 3.99. The number of nitrogens with zero attached hydrogens (tertiary/aromatic N) is 2. The van der Waals surface area contributed by atoms with Crippen LogP contribution in [-0.2, 0) is 0 Å². The van der Waals surface area contributed by atoms with Crippen molar-refractivity contribution in [3.63, 3.8) is 0 Å². The highest BCUT2D eigenvalue weighted by Gasteiger charge is 2.41. The third-order valence-corrected chi connectivity index (χ3v) is 1.89. The van der Waals surface area contributed by atoms with E-state index in [1.165, 1.54) is 11.1 Å². The molecule has 0 aromatic rings. The van der Waals surface area contributed by atoms with Crippen molar-refractivity contribution < 1.29 is 13.2 Å². The minimum atomic E-state index is -4.42. The molecule has 3 nitrogen and oxygen atoms in total. The molecule has 1 atom stereocenters. The van der Waals surface area contributed by atoms with Gasteiger partial charge in [0.25, 0.3) is 0 Å². The normalized spacial score (nSPS) is 21.4. The number of halogens is 3. The molecule has 0 radical (unpaired) electrons. The molecule has 1 fully saturated rings. The number of hydrogen-bond acceptors (Lipinski definition) is 3. The van der Waals surface area contributed by atoms with Crippen molar-refractivity contribution in [1.29, 1.82) is 5.26 Å². The lowest BCUT2D eigenvalue weighted by molar-refractivity contribution is -0.164. The molecule has 74 valence electrons. The Morgan fingerprint density at radius 3 is 2.62 bits per heavy atom. The van der Waals surface area contributed by atoms with E-state index in [1.54, 1.807) is 0 Å². The van der Waals surface area contributed by atoms with E-state index in [2.05, 4.69) is 5.43 Å². The third kappa shape index (κ3) is 2.86. The highest BCUT2D eigenvalue weighted by Crippen LogP contribution is 2.26. The van der Waals surface area contributed by atoms with E-state index in [0.29, 0.717) is 13.1 Å². The largest absolute Gasteiger partial charge is 0.405 e. The Morgan fingerprint density at radius 1 is 1.54 bits per heavy atom. The molecule has 0 aromatic carbocycles. The van der Waals surface area contributed by atoms with E-state index in [-0.39, 0.29) is 6.54 Å². The van der Waals surface area contributed by atoms with Crippen molar-refractivity contribution >= 4 is 0 Å². The van der Waals surface area contributed by atoms with Crippen LogP contribution >= 0.6 is 0 Å². The monoisotopic (exact) mass is 193 g/mol. The first-order chi connectivity index (χ1) is 6.04. The van der Waals surface area contributed by atoms with Crippen molar-refractivity contribution in [3.05, 3.63) is 0 Å². The second-order valence-corrected chi connectivity index (χ2v) is 2.93. The fraction of sp³-hybridized carbons (Fsp3) is 0.857. The van der Waals surface area contributed by atoms with Crippen LogP contribution in [0.5, 0.6) is 0 Å². The van der Waals surface area contributed by atoms with Gasteiger partial charge in [0, 0.05) is 19.6 Å². The van der Waals surface area contributed by atoms with Gasteiger partial charge in [0.2, 0.25) is 0 Å². The van der Waals surface area contributed by atoms with Crippen LogP contribution in [0.4, 0.5) is 13.2 Å². The smallest absolute Gasteiger partial charge is 0.255 e. The van der Waals surface area contributed by atoms with Crippen LogP contribution in [-0.4, -0.2) is 30.8 Å². The van der Waals surface area contributed by atoms with Gasteiger partial charge in [-0.3, -0.25) is 5.43 Å². The maximum atomic E-state index is 12.1. The van der Waals surface area contributed by atoms with Gasteiger partial charge in [-0.25, -0.2) is 5.01 Å². The first-order valence-corrected chi connectivity index (χ1v) is 3.99. The van der Waals surface area contributed by atoms with Crippen molar-refractivity contribution in [2.75, 3.05) is 19.6 Å². The quantitative estimate of drug-likeness (QED) is 0.708. The maximum absolute atomic E-state index is 12.1. The summed E-state index contributed by atoms with van der Waals surface area (Å²) in [6, 6.07) is 1.26. The van der Waals surface area contributed by atoms with Gasteiger partial charge in [-0.2, -0.15) is 18.4 Å². The summed E-state index contributed by atoms with van der Waals surface area (Å²) in [7, 11) is 0. The summed E-state index contributed by atoms with van der Waals surface area (Å²) in [6.45, 7) is 0.990. The average Bonchev–Trinajstić information content (AvgIpc) is 2.49. The molecule has 1 saturated heterocycles. The number of hydrogen-bond donors (Lipinski definition) is 1. The van der Waals surface area contributed by atoms with Gasteiger partial charge < -0.3 is 0 Å². The fourth-order valence-corrected chi connectivity index (χ4v) is 1.18. The van der Waals surface area contributed by atoms with Gasteiger partial charge in [-0.1, -0.05) is 0 Å². The Balaban J connectivity index is 2.45. The lowest BCUT2D eigenvalue weighted by Gasteiger charge is -2.20. The average molecular weight is 193 g/mol. The lowest BCUT2D eigenvalue weighted by Crippen LogP contribution is -2.39. The fourth-order valence-electron chi connectivity index (χ4n) is 1.18. The topological polar surface area (TPSA) is 39.1 Å². The Kier molecular flexibility index (Phi) is 3.12. The van der Waals surface area contributed by atoms with Crippen LogP contribution in [0.1, 0.15) is 6.42 Å². The van der Waals surface area contributed by atoms with Crippen molar-refractivity contribution in [1.82, 2.24) is 10.4 Å². The zero-order valence-electron chi connectivity index (χ0n) is 6.93. The Labute approximate surface area is 74.1 Å². The summed E-state index contributed by atoms with van der Waals surface area (Å²) in [6.07, 6.45) is -3.59. The molecule has 0 saturated carbocycles. The molecular weight excluding hydrogens is 183 g/mol. The molecule has 6 heteroatoms. The molecule has 1 unspecified atom stereocenters. The predicted molar refractivity (Wildman–Crippen MR) is 39.4 cm³/mol. The highest BCUT2D eigenvalue weighted by atomic mass is 19.4. The van der Waals surface area contributed by atoms with Crippen molar-refractivity contribution in [3.8, 4) is 6.07 Å². The summed E-state index contributed by atoms with van der Waals surface area (Å²) in [4.78, 5) is 0. The molecule has 0 spiro atoms. The summed E-state index contributed by atoms with van der Waals surface area (Å²) in [5.41, 5.74) is 2.78. The van der Waals surface area contributed by atoms with Gasteiger partial charge in [-0.15, -0.1) is 0 Å². The molecule has 1 aliphatic heterocycles. The summed E-state index contributed by atoms with van der Waals surface area (Å²) < 4.78 is 36.3. The van der Waals surface area contributed by atoms with E-state index in [0.717, 1.165) is 6.42 Å². The van der Waals surface area contributed by atoms with Crippen molar-refractivity contribution in [2.45, 2.75) is 12.6 Å². The summed E-state index contributed by atoms with van der Waals surface area (Å²) in [5.74, 6) is -1.89. The SMILES string of the molecule is N#CC(CN1CCCN1)C(F)(F)F. The molecule has 1 rings (SSSR count). The molecule has 13 heavy (non-hydrogen) atoms. The minimum absolute atomic E-state index is 0.278. The maximum Gasteiger partial charge on any atom is 0.405 e. The molecule has 0 aromatic heterocycles.